The standard InChI is InChI=1S/C19H23Cl2NO2/c1-3-10-24-19-16(20)11-14(12-17(19)21)13-22-9-8-15-6-4-5-7-18(15)23-2/h4-7,11-12,22H,3,8-10,13H2,1-2H3. The fourth-order valence-corrected chi connectivity index (χ4v) is 3.06. The summed E-state index contributed by atoms with van der Waals surface area (Å²) in [6.07, 6.45) is 1.81. The van der Waals surface area contributed by atoms with Gasteiger partial charge in [-0.1, -0.05) is 48.3 Å². The van der Waals surface area contributed by atoms with Gasteiger partial charge in [-0.25, -0.2) is 0 Å². The third kappa shape index (κ3) is 5.30. The van der Waals surface area contributed by atoms with Crippen molar-refractivity contribution in [3.8, 4) is 11.5 Å². The van der Waals surface area contributed by atoms with Crippen LogP contribution in [0.25, 0.3) is 0 Å². The van der Waals surface area contributed by atoms with Crippen molar-refractivity contribution in [2.45, 2.75) is 26.3 Å². The van der Waals surface area contributed by atoms with Crippen LogP contribution in [0, 0.1) is 0 Å². The average Bonchev–Trinajstić information content (AvgIpc) is 2.58. The third-order valence-corrected chi connectivity index (χ3v) is 4.16. The summed E-state index contributed by atoms with van der Waals surface area (Å²) in [5, 5.41) is 4.51. The zero-order chi connectivity index (χ0) is 17.4. The Morgan fingerprint density at radius 3 is 2.46 bits per heavy atom. The van der Waals surface area contributed by atoms with Crippen molar-refractivity contribution in [1.82, 2.24) is 5.32 Å². The van der Waals surface area contributed by atoms with E-state index < -0.39 is 0 Å². The van der Waals surface area contributed by atoms with Gasteiger partial charge in [0, 0.05) is 6.54 Å². The second-order valence-electron chi connectivity index (χ2n) is 5.48. The molecule has 0 radical (unpaired) electrons. The normalized spacial score (nSPS) is 10.7. The van der Waals surface area contributed by atoms with E-state index in [-0.39, 0.29) is 0 Å². The Kier molecular flexibility index (Phi) is 7.70. The minimum absolute atomic E-state index is 0.553. The summed E-state index contributed by atoms with van der Waals surface area (Å²) in [5.74, 6) is 1.49. The number of benzene rings is 2. The Bertz CT molecular complexity index is 639. The van der Waals surface area contributed by atoms with Gasteiger partial charge in [-0.2, -0.15) is 0 Å². The molecule has 2 rings (SSSR count). The highest BCUT2D eigenvalue weighted by Crippen LogP contribution is 2.34. The molecule has 0 unspecified atom stereocenters. The molecule has 0 spiro atoms. The predicted octanol–water partition coefficient (Wildman–Crippen LogP) is 5.12. The quantitative estimate of drug-likeness (QED) is 0.623. The van der Waals surface area contributed by atoms with Crippen molar-refractivity contribution in [3.05, 3.63) is 57.6 Å². The van der Waals surface area contributed by atoms with Gasteiger partial charge in [-0.05, 0) is 48.7 Å². The average molecular weight is 368 g/mol. The Morgan fingerprint density at radius 1 is 1.08 bits per heavy atom. The molecule has 0 fully saturated rings. The number of hydrogen-bond donors (Lipinski definition) is 1. The van der Waals surface area contributed by atoms with Gasteiger partial charge in [0.1, 0.15) is 5.75 Å². The highest BCUT2D eigenvalue weighted by molar-refractivity contribution is 6.37. The lowest BCUT2D eigenvalue weighted by atomic mass is 10.1. The van der Waals surface area contributed by atoms with E-state index in [0.29, 0.717) is 28.9 Å². The van der Waals surface area contributed by atoms with E-state index in [1.165, 1.54) is 5.56 Å². The third-order valence-electron chi connectivity index (χ3n) is 3.60. The molecule has 0 heterocycles. The van der Waals surface area contributed by atoms with Crippen LogP contribution in [0.4, 0.5) is 0 Å². The molecule has 0 aliphatic carbocycles. The van der Waals surface area contributed by atoms with Crippen LogP contribution in [0.3, 0.4) is 0 Å². The molecule has 0 saturated heterocycles. The zero-order valence-corrected chi connectivity index (χ0v) is 15.6. The minimum atomic E-state index is 0.553. The summed E-state index contributed by atoms with van der Waals surface area (Å²) >= 11 is 12.5. The van der Waals surface area contributed by atoms with Gasteiger partial charge >= 0.3 is 0 Å². The van der Waals surface area contributed by atoms with Crippen molar-refractivity contribution >= 4 is 23.2 Å². The molecule has 2 aromatic carbocycles. The monoisotopic (exact) mass is 367 g/mol. The molecule has 1 N–H and O–H groups in total. The van der Waals surface area contributed by atoms with E-state index in [0.717, 1.165) is 30.7 Å². The molecular weight excluding hydrogens is 345 g/mol. The molecule has 0 atom stereocenters. The van der Waals surface area contributed by atoms with Gasteiger partial charge in [-0.15, -0.1) is 0 Å². The SMILES string of the molecule is CCCOc1c(Cl)cc(CNCCc2ccccc2OC)cc1Cl. The first-order chi connectivity index (χ1) is 11.7. The molecule has 3 nitrogen and oxygen atoms in total. The van der Waals surface area contributed by atoms with Crippen molar-refractivity contribution in [3.63, 3.8) is 0 Å². The highest BCUT2D eigenvalue weighted by atomic mass is 35.5. The van der Waals surface area contributed by atoms with E-state index in [1.807, 2.05) is 37.3 Å². The fourth-order valence-electron chi connectivity index (χ4n) is 2.42. The lowest BCUT2D eigenvalue weighted by Crippen LogP contribution is -2.17. The Morgan fingerprint density at radius 2 is 1.79 bits per heavy atom. The van der Waals surface area contributed by atoms with Crippen LogP contribution in [-0.2, 0) is 13.0 Å². The number of ether oxygens (including phenoxy) is 2. The van der Waals surface area contributed by atoms with Gasteiger partial charge in [-0.3, -0.25) is 0 Å². The van der Waals surface area contributed by atoms with Crippen LogP contribution in [0.1, 0.15) is 24.5 Å². The summed E-state index contributed by atoms with van der Waals surface area (Å²) in [6.45, 7) is 4.18. The molecular formula is C19H23Cl2NO2. The van der Waals surface area contributed by atoms with E-state index in [1.54, 1.807) is 7.11 Å². The van der Waals surface area contributed by atoms with Gasteiger partial charge in [0.15, 0.2) is 5.75 Å². The van der Waals surface area contributed by atoms with Gasteiger partial charge < -0.3 is 14.8 Å². The Labute approximate surface area is 153 Å². The van der Waals surface area contributed by atoms with Gasteiger partial charge in [0.05, 0.1) is 23.8 Å². The molecule has 5 heteroatoms. The molecule has 2 aromatic rings. The van der Waals surface area contributed by atoms with Crippen molar-refractivity contribution in [2.75, 3.05) is 20.3 Å². The second-order valence-corrected chi connectivity index (χ2v) is 6.29. The van der Waals surface area contributed by atoms with Crippen LogP contribution < -0.4 is 14.8 Å². The maximum absolute atomic E-state index is 6.26. The summed E-state index contributed by atoms with van der Waals surface area (Å²) in [5.41, 5.74) is 2.22. The Balaban J connectivity index is 1.88. The second kappa shape index (κ2) is 9.77. The molecule has 0 saturated carbocycles. The number of rotatable bonds is 9. The zero-order valence-electron chi connectivity index (χ0n) is 14.1. The number of para-hydroxylation sites is 1. The number of nitrogens with one attached hydrogen (secondary N) is 1. The van der Waals surface area contributed by atoms with E-state index in [9.17, 15) is 0 Å². The highest BCUT2D eigenvalue weighted by Gasteiger charge is 2.09. The van der Waals surface area contributed by atoms with Crippen LogP contribution in [0.5, 0.6) is 11.5 Å². The summed E-state index contributed by atoms with van der Waals surface area (Å²) in [6, 6.07) is 11.8. The lowest BCUT2D eigenvalue weighted by molar-refractivity contribution is 0.317. The van der Waals surface area contributed by atoms with E-state index >= 15 is 0 Å². The van der Waals surface area contributed by atoms with Crippen molar-refractivity contribution < 1.29 is 9.47 Å². The summed E-state index contributed by atoms with van der Waals surface area (Å²) < 4.78 is 10.9. The first kappa shape index (κ1) is 18.9. The first-order valence-corrected chi connectivity index (χ1v) is 8.84. The van der Waals surface area contributed by atoms with Crippen LogP contribution in [0.2, 0.25) is 10.0 Å². The van der Waals surface area contributed by atoms with E-state index in [2.05, 4.69) is 11.4 Å². The Hall–Kier alpha value is -1.42. The fraction of sp³-hybridized carbons (Fsp3) is 0.368. The summed E-state index contributed by atoms with van der Waals surface area (Å²) in [7, 11) is 1.69. The van der Waals surface area contributed by atoms with Crippen LogP contribution in [0.15, 0.2) is 36.4 Å². The molecule has 0 aromatic heterocycles. The molecule has 130 valence electrons. The number of hydrogen-bond acceptors (Lipinski definition) is 3. The molecule has 24 heavy (non-hydrogen) atoms. The maximum Gasteiger partial charge on any atom is 0.156 e. The summed E-state index contributed by atoms with van der Waals surface area (Å²) in [4.78, 5) is 0. The smallest absolute Gasteiger partial charge is 0.156 e. The largest absolute Gasteiger partial charge is 0.496 e. The van der Waals surface area contributed by atoms with Gasteiger partial charge in [0.25, 0.3) is 0 Å². The predicted molar refractivity (Wildman–Crippen MR) is 101 cm³/mol. The van der Waals surface area contributed by atoms with Crippen LogP contribution >= 0.6 is 23.2 Å². The molecule has 0 aliphatic rings. The van der Waals surface area contributed by atoms with Gasteiger partial charge in [0.2, 0.25) is 0 Å². The molecule has 0 aliphatic heterocycles. The number of halogens is 2. The number of methoxy groups -OCH3 is 1. The van der Waals surface area contributed by atoms with Crippen molar-refractivity contribution in [2.24, 2.45) is 0 Å². The topological polar surface area (TPSA) is 30.5 Å². The maximum atomic E-state index is 6.26. The van der Waals surface area contributed by atoms with Crippen molar-refractivity contribution in [1.29, 1.82) is 0 Å². The minimum Gasteiger partial charge on any atom is -0.496 e. The lowest BCUT2D eigenvalue weighted by Gasteiger charge is -2.12. The van der Waals surface area contributed by atoms with E-state index in [4.69, 9.17) is 32.7 Å². The van der Waals surface area contributed by atoms with Crippen LogP contribution in [-0.4, -0.2) is 20.3 Å². The molecule has 0 bridgehead atoms. The first-order valence-electron chi connectivity index (χ1n) is 8.09. The molecule has 0 amide bonds.